The van der Waals surface area contributed by atoms with Crippen LogP contribution in [0.15, 0.2) is 109 Å². The van der Waals surface area contributed by atoms with Crippen molar-refractivity contribution in [2.24, 2.45) is 0 Å². The molecule has 1 saturated heterocycles. The van der Waals surface area contributed by atoms with Crippen molar-refractivity contribution in [1.82, 2.24) is 41.3 Å². The fraction of sp³-hybridized carbons (Fsp3) is 0.380. The van der Waals surface area contributed by atoms with Crippen LogP contribution < -0.4 is 26.6 Å². The molecule has 0 radical (unpaired) electrons. The van der Waals surface area contributed by atoms with Crippen molar-refractivity contribution in [3.8, 4) is 0 Å². The molecule has 6 aromatic carbocycles. The monoisotopic (exact) mass is 838 g/mol. The molecule has 0 aliphatic carbocycles. The Morgan fingerprint density at radius 2 is 0.968 bits per heavy atom. The summed E-state index contributed by atoms with van der Waals surface area (Å²) in [5, 5.41) is 25.8. The summed E-state index contributed by atoms with van der Waals surface area (Å²) in [5.74, 6) is -0.450. The van der Waals surface area contributed by atoms with E-state index in [0.717, 1.165) is 107 Å². The lowest BCUT2D eigenvalue weighted by atomic mass is 9.96. The first-order chi connectivity index (χ1) is 30.4. The number of carbonyl (C=O) groups is 3. The highest BCUT2D eigenvalue weighted by Crippen LogP contribution is 2.31. The van der Waals surface area contributed by atoms with Crippen molar-refractivity contribution in [3.05, 3.63) is 120 Å². The van der Waals surface area contributed by atoms with E-state index in [1.807, 2.05) is 31.2 Å². The SMILES string of the molecule is CCOC(=O)CN(CCNC(=O)CN(CCNC(=O)CN1CCNCCNCCNCC1)Cc1c2ccccc2cc2ccccc12)Cc1c2ccccc2cc2ccccc12. The van der Waals surface area contributed by atoms with Gasteiger partial charge in [0, 0.05) is 91.6 Å². The molecule has 0 aromatic heterocycles. The van der Waals surface area contributed by atoms with Crippen LogP contribution in [0.2, 0.25) is 0 Å². The third-order valence-electron chi connectivity index (χ3n) is 11.6. The van der Waals surface area contributed by atoms with Gasteiger partial charge in [-0.25, -0.2) is 0 Å². The van der Waals surface area contributed by atoms with Crippen molar-refractivity contribution in [1.29, 1.82) is 0 Å². The molecular formula is C50H62N8O4. The van der Waals surface area contributed by atoms with Gasteiger partial charge in [-0.05, 0) is 73.3 Å². The third kappa shape index (κ3) is 12.6. The molecule has 0 unspecified atom stereocenters. The van der Waals surface area contributed by atoms with E-state index in [1.165, 1.54) is 0 Å². The second-order valence-electron chi connectivity index (χ2n) is 16.0. The van der Waals surface area contributed by atoms with Gasteiger partial charge in [-0.1, -0.05) is 97.1 Å². The zero-order valence-corrected chi connectivity index (χ0v) is 36.1. The van der Waals surface area contributed by atoms with Gasteiger partial charge in [-0.3, -0.25) is 29.1 Å². The van der Waals surface area contributed by atoms with E-state index in [-0.39, 0.29) is 30.9 Å². The van der Waals surface area contributed by atoms with E-state index in [0.29, 0.717) is 52.4 Å². The third-order valence-corrected chi connectivity index (χ3v) is 11.6. The Balaban J connectivity index is 1.04. The molecule has 2 amide bonds. The van der Waals surface area contributed by atoms with Crippen molar-refractivity contribution >= 4 is 60.9 Å². The van der Waals surface area contributed by atoms with Crippen LogP contribution in [0.5, 0.6) is 0 Å². The Hall–Kier alpha value is -5.47. The molecule has 1 aliphatic rings. The van der Waals surface area contributed by atoms with Gasteiger partial charge < -0.3 is 31.3 Å². The number of amides is 2. The standard InChI is InChI=1S/C50H62N8O4/c1-2-62-50(61)37-58(34-47-44-17-9-5-13-40(44)32-41-14-6-10-18-45(41)47)30-26-55-49(60)36-57(33-46-42-15-7-3-11-38(42)31-39-12-4-8-16-43(39)46)29-25-54-48(59)35-56-27-23-52-21-19-51-20-22-53-24-28-56/h3-18,31-32,51-53H,2,19-30,33-37H2,1H3,(H,54,59)(H,55,60). The number of hydrogen-bond acceptors (Lipinski definition) is 10. The van der Waals surface area contributed by atoms with Gasteiger partial charge in [0.15, 0.2) is 0 Å². The molecule has 7 rings (SSSR count). The minimum absolute atomic E-state index is 0.0283. The van der Waals surface area contributed by atoms with Gasteiger partial charge in [0.2, 0.25) is 11.8 Å². The number of benzene rings is 6. The lowest BCUT2D eigenvalue weighted by Crippen LogP contribution is -2.46. The molecular weight excluding hydrogens is 777 g/mol. The zero-order valence-electron chi connectivity index (χ0n) is 36.1. The van der Waals surface area contributed by atoms with Crippen molar-refractivity contribution in [2.45, 2.75) is 20.0 Å². The van der Waals surface area contributed by atoms with Crippen molar-refractivity contribution < 1.29 is 19.1 Å². The summed E-state index contributed by atoms with van der Waals surface area (Å²) in [6.45, 7) is 12.2. The Bertz CT molecular complexity index is 2300. The maximum atomic E-state index is 13.9. The first-order valence-electron chi connectivity index (χ1n) is 22.2. The van der Waals surface area contributed by atoms with E-state index in [4.69, 9.17) is 4.74 Å². The quantitative estimate of drug-likeness (QED) is 0.0663. The Morgan fingerprint density at radius 3 is 1.42 bits per heavy atom. The van der Waals surface area contributed by atoms with E-state index in [2.05, 4.69) is 126 Å². The lowest BCUT2D eigenvalue weighted by molar-refractivity contribution is -0.144. The van der Waals surface area contributed by atoms with Crippen LogP contribution in [0.1, 0.15) is 18.1 Å². The highest BCUT2D eigenvalue weighted by Gasteiger charge is 2.19. The van der Waals surface area contributed by atoms with E-state index >= 15 is 0 Å². The predicted molar refractivity (Wildman–Crippen MR) is 251 cm³/mol. The molecule has 0 spiro atoms. The van der Waals surface area contributed by atoms with Crippen molar-refractivity contribution in [3.63, 3.8) is 0 Å². The number of hydrogen-bond donors (Lipinski definition) is 5. The maximum absolute atomic E-state index is 13.9. The predicted octanol–water partition coefficient (Wildman–Crippen LogP) is 4.48. The Kier molecular flexibility index (Phi) is 16.6. The number of esters is 1. The fourth-order valence-electron chi connectivity index (χ4n) is 8.52. The molecule has 5 N–H and O–H groups in total. The normalized spacial score (nSPS) is 14.6. The molecule has 326 valence electrons. The molecule has 1 heterocycles. The highest BCUT2D eigenvalue weighted by molar-refractivity contribution is 6.03. The highest BCUT2D eigenvalue weighted by atomic mass is 16.5. The average Bonchev–Trinajstić information content (AvgIpc) is 3.27. The summed E-state index contributed by atoms with van der Waals surface area (Å²) in [6, 6.07) is 37.9. The summed E-state index contributed by atoms with van der Waals surface area (Å²) in [6.07, 6.45) is 0. The van der Waals surface area contributed by atoms with Gasteiger partial charge in [0.05, 0.1) is 26.2 Å². The smallest absolute Gasteiger partial charge is 0.320 e. The first kappa shape index (κ1) is 44.6. The zero-order chi connectivity index (χ0) is 42.9. The number of nitrogens with zero attached hydrogens (tertiary/aromatic N) is 3. The largest absolute Gasteiger partial charge is 0.465 e. The number of rotatable bonds is 17. The van der Waals surface area contributed by atoms with Gasteiger partial charge in [-0.2, -0.15) is 0 Å². The van der Waals surface area contributed by atoms with Gasteiger partial charge in [0.25, 0.3) is 0 Å². The Morgan fingerprint density at radius 1 is 0.565 bits per heavy atom. The van der Waals surface area contributed by atoms with Crippen molar-refractivity contribution in [2.75, 3.05) is 105 Å². The van der Waals surface area contributed by atoms with Crippen LogP contribution >= 0.6 is 0 Å². The summed E-state index contributed by atoms with van der Waals surface area (Å²) < 4.78 is 5.39. The van der Waals surface area contributed by atoms with Crippen LogP contribution in [-0.4, -0.2) is 137 Å². The van der Waals surface area contributed by atoms with E-state index in [9.17, 15) is 14.4 Å². The molecule has 12 nitrogen and oxygen atoms in total. The van der Waals surface area contributed by atoms with Gasteiger partial charge in [-0.15, -0.1) is 0 Å². The average molecular weight is 839 g/mol. The first-order valence-corrected chi connectivity index (χ1v) is 22.2. The van der Waals surface area contributed by atoms with E-state index in [1.54, 1.807) is 0 Å². The molecule has 62 heavy (non-hydrogen) atoms. The molecule has 1 fully saturated rings. The summed E-state index contributed by atoms with van der Waals surface area (Å²) in [4.78, 5) is 46.6. The van der Waals surface area contributed by atoms with Crippen LogP contribution in [0.4, 0.5) is 0 Å². The fourth-order valence-corrected chi connectivity index (χ4v) is 8.52. The molecule has 0 bridgehead atoms. The maximum Gasteiger partial charge on any atom is 0.320 e. The number of ether oxygens (including phenoxy) is 1. The van der Waals surface area contributed by atoms with Crippen LogP contribution in [-0.2, 0) is 32.2 Å². The topological polar surface area (TPSA) is 130 Å². The van der Waals surface area contributed by atoms with Crippen LogP contribution in [0.25, 0.3) is 43.1 Å². The molecule has 0 atom stereocenters. The summed E-state index contributed by atoms with van der Waals surface area (Å²) in [5.41, 5.74) is 2.29. The number of nitrogens with one attached hydrogen (secondary N) is 5. The second-order valence-corrected chi connectivity index (χ2v) is 16.0. The molecule has 1 aliphatic heterocycles. The molecule has 0 saturated carbocycles. The Labute approximate surface area is 365 Å². The molecule has 12 heteroatoms. The summed E-state index contributed by atoms with van der Waals surface area (Å²) >= 11 is 0. The number of carbonyl (C=O) groups excluding carboxylic acids is 3. The minimum Gasteiger partial charge on any atom is -0.465 e. The number of fused-ring (bicyclic) bond motifs is 4. The molecule has 6 aromatic rings. The summed E-state index contributed by atoms with van der Waals surface area (Å²) in [7, 11) is 0. The minimum atomic E-state index is -0.298. The van der Waals surface area contributed by atoms with Crippen LogP contribution in [0, 0.1) is 0 Å². The van der Waals surface area contributed by atoms with Gasteiger partial charge in [0.1, 0.15) is 0 Å². The van der Waals surface area contributed by atoms with Crippen LogP contribution in [0.3, 0.4) is 0 Å². The second kappa shape index (κ2) is 23.1. The van der Waals surface area contributed by atoms with E-state index < -0.39 is 0 Å². The lowest BCUT2D eigenvalue weighted by Gasteiger charge is -2.26. The van der Waals surface area contributed by atoms with Gasteiger partial charge >= 0.3 is 5.97 Å².